The molecule has 4 aromatic rings. The van der Waals surface area contributed by atoms with Crippen molar-refractivity contribution in [3.8, 4) is 0 Å². The molecule has 0 fully saturated rings. The number of nitrogens with one attached hydrogen (secondary N) is 1. The molecule has 1 heterocycles. The average Bonchev–Trinajstić information content (AvgIpc) is 3.12. The molecule has 28 heavy (non-hydrogen) atoms. The predicted octanol–water partition coefficient (Wildman–Crippen LogP) is 3.64. The number of aromatic nitrogens is 3. The van der Waals surface area contributed by atoms with Crippen LogP contribution in [-0.4, -0.2) is 25.8 Å². The lowest BCUT2D eigenvalue weighted by atomic mass is 10.1. The third-order valence-corrected chi connectivity index (χ3v) is 4.28. The maximum atomic E-state index is 12.4. The second kappa shape index (κ2) is 7.28. The minimum Gasteiger partial charge on any atom is -0.322 e. The summed E-state index contributed by atoms with van der Waals surface area (Å²) in [6.07, 6.45) is 0. The van der Waals surface area contributed by atoms with Crippen LogP contribution in [0.15, 0.2) is 72.8 Å². The fourth-order valence-electron chi connectivity index (χ4n) is 2.87. The number of amides is 1. The number of non-ortho nitro benzene ring substituents is 1. The number of nitrogens with zero attached hydrogens (tertiary/aromatic N) is 4. The van der Waals surface area contributed by atoms with E-state index in [0.717, 1.165) is 16.6 Å². The van der Waals surface area contributed by atoms with Crippen LogP contribution < -0.4 is 5.32 Å². The van der Waals surface area contributed by atoms with Crippen LogP contribution >= 0.6 is 0 Å². The summed E-state index contributed by atoms with van der Waals surface area (Å²) >= 11 is 0. The highest BCUT2D eigenvalue weighted by molar-refractivity contribution is 6.04. The van der Waals surface area contributed by atoms with Crippen LogP contribution in [0.5, 0.6) is 0 Å². The maximum Gasteiger partial charge on any atom is 0.271 e. The van der Waals surface area contributed by atoms with Gasteiger partial charge in [-0.05, 0) is 35.9 Å². The smallest absolute Gasteiger partial charge is 0.271 e. The van der Waals surface area contributed by atoms with Crippen molar-refractivity contribution >= 4 is 28.3 Å². The van der Waals surface area contributed by atoms with Gasteiger partial charge in [0, 0.05) is 23.4 Å². The van der Waals surface area contributed by atoms with E-state index in [1.165, 1.54) is 18.2 Å². The summed E-state index contributed by atoms with van der Waals surface area (Å²) in [5, 5.41) is 21.8. The highest BCUT2D eigenvalue weighted by Crippen LogP contribution is 2.18. The van der Waals surface area contributed by atoms with E-state index in [1.54, 1.807) is 22.9 Å². The van der Waals surface area contributed by atoms with Crippen LogP contribution in [-0.2, 0) is 6.54 Å². The van der Waals surface area contributed by atoms with Crippen LogP contribution in [0.3, 0.4) is 0 Å². The molecule has 0 aliphatic rings. The van der Waals surface area contributed by atoms with Crippen molar-refractivity contribution in [2.45, 2.75) is 6.54 Å². The summed E-state index contributed by atoms with van der Waals surface area (Å²) in [7, 11) is 0. The van der Waals surface area contributed by atoms with E-state index in [0.29, 0.717) is 17.8 Å². The molecule has 0 radical (unpaired) electrons. The van der Waals surface area contributed by atoms with Crippen molar-refractivity contribution in [3.05, 3.63) is 94.0 Å². The van der Waals surface area contributed by atoms with E-state index in [2.05, 4.69) is 15.6 Å². The molecule has 8 nitrogen and oxygen atoms in total. The van der Waals surface area contributed by atoms with Gasteiger partial charge in [-0.2, -0.15) is 0 Å². The Bertz CT molecular complexity index is 1170. The summed E-state index contributed by atoms with van der Waals surface area (Å²) < 4.78 is 1.80. The molecule has 0 spiro atoms. The fourth-order valence-corrected chi connectivity index (χ4v) is 2.87. The van der Waals surface area contributed by atoms with Gasteiger partial charge in [0.15, 0.2) is 0 Å². The van der Waals surface area contributed by atoms with Gasteiger partial charge >= 0.3 is 0 Å². The molecule has 1 N–H and O–H groups in total. The second-order valence-electron chi connectivity index (χ2n) is 6.19. The van der Waals surface area contributed by atoms with Gasteiger partial charge in [-0.1, -0.05) is 35.5 Å². The van der Waals surface area contributed by atoms with E-state index >= 15 is 0 Å². The number of rotatable bonds is 5. The largest absolute Gasteiger partial charge is 0.322 e. The zero-order valence-corrected chi connectivity index (χ0v) is 14.6. The van der Waals surface area contributed by atoms with Gasteiger partial charge < -0.3 is 5.32 Å². The molecule has 4 rings (SSSR count). The zero-order valence-electron chi connectivity index (χ0n) is 14.6. The van der Waals surface area contributed by atoms with Crippen LogP contribution in [0.25, 0.3) is 11.0 Å². The summed E-state index contributed by atoms with van der Waals surface area (Å²) in [5.74, 6) is -0.335. The minimum atomic E-state index is -0.502. The maximum absolute atomic E-state index is 12.4. The molecule has 8 heteroatoms. The predicted molar refractivity (Wildman–Crippen MR) is 104 cm³/mol. The van der Waals surface area contributed by atoms with Crippen molar-refractivity contribution < 1.29 is 9.72 Å². The molecule has 1 aromatic heterocycles. The van der Waals surface area contributed by atoms with Gasteiger partial charge in [0.2, 0.25) is 0 Å². The number of carbonyl (C=O) groups is 1. The lowest BCUT2D eigenvalue weighted by Gasteiger charge is -2.07. The van der Waals surface area contributed by atoms with Crippen LogP contribution in [0.4, 0.5) is 11.4 Å². The fraction of sp³-hybridized carbons (Fsp3) is 0.0500. The number of hydrogen-bond donors (Lipinski definition) is 1. The van der Waals surface area contributed by atoms with Gasteiger partial charge in [0.1, 0.15) is 5.52 Å². The Morgan fingerprint density at radius 3 is 2.61 bits per heavy atom. The van der Waals surface area contributed by atoms with Crippen molar-refractivity contribution in [2.75, 3.05) is 5.32 Å². The molecule has 1 amide bonds. The number of nitro groups is 1. The Morgan fingerprint density at radius 1 is 1.04 bits per heavy atom. The van der Waals surface area contributed by atoms with Crippen molar-refractivity contribution in [1.82, 2.24) is 15.0 Å². The molecule has 0 saturated heterocycles. The molecular formula is C20H15N5O3. The van der Waals surface area contributed by atoms with Crippen molar-refractivity contribution in [1.29, 1.82) is 0 Å². The van der Waals surface area contributed by atoms with Gasteiger partial charge in [0.25, 0.3) is 11.6 Å². The van der Waals surface area contributed by atoms with Crippen LogP contribution in [0.2, 0.25) is 0 Å². The van der Waals surface area contributed by atoms with Crippen molar-refractivity contribution in [3.63, 3.8) is 0 Å². The van der Waals surface area contributed by atoms with Crippen LogP contribution in [0, 0.1) is 10.1 Å². The number of nitro benzene ring substituents is 1. The van der Waals surface area contributed by atoms with E-state index < -0.39 is 4.92 Å². The molecule has 0 bridgehead atoms. The third kappa shape index (κ3) is 3.56. The van der Waals surface area contributed by atoms with Gasteiger partial charge in [-0.3, -0.25) is 14.9 Å². The minimum absolute atomic E-state index is 0.0757. The third-order valence-electron chi connectivity index (χ3n) is 4.28. The molecule has 0 atom stereocenters. The topological polar surface area (TPSA) is 103 Å². The van der Waals surface area contributed by atoms with E-state index in [-0.39, 0.29) is 11.6 Å². The van der Waals surface area contributed by atoms with Gasteiger partial charge in [0.05, 0.1) is 17.0 Å². The lowest BCUT2D eigenvalue weighted by molar-refractivity contribution is -0.384. The number of para-hydroxylation sites is 1. The highest BCUT2D eigenvalue weighted by Gasteiger charge is 2.10. The highest BCUT2D eigenvalue weighted by atomic mass is 16.6. The summed E-state index contributed by atoms with van der Waals surface area (Å²) in [5.41, 5.74) is 3.50. The van der Waals surface area contributed by atoms with E-state index in [4.69, 9.17) is 0 Å². The first-order valence-electron chi connectivity index (χ1n) is 8.53. The van der Waals surface area contributed by atoms with Gasteiger partial charge in [-0.15, -0.1) is 5.10 Å². The number of benzene rings is 3. The number of anilines is 1. The first-order valence-corrected chi connectivity index (χ1v) is 8.53. The molecule has 0 aliphatic carbocycles. The van der Waals surface area contributed by atoms with E-state index in [1.807, 2.05) is 36.4 Å². The number of hydrogen-bond acceptors (Lipinski definition) is 5. The molecule has 0 unspecified atom stereocenters. The first kappa shape index (κ1) is 17.3. The Hall–Kier alpha value is -4.07. The SMILES string of the molecule is O=C(Nc1cccc([N+](=O)[O-])c1)c1ccc(Cn2nnc3ccccc32)cc1. The second-order valence-corrected chi connectivity index (χ2v) is 6.19. The first-order chi connectivity index (χ1) is 13.6. The molecule has 138 valence electrons. The van der Waals surface area contributed by atoms with E-state index in [9.17, 15) is 14.9 Å². The number of carbonyl (C=O) groups excluding carboxylic acids is 1. The molecule has 0 saturated carbocycles. The quantitative estimate of drug-likeness (QED) is 0.425. The Morgan fingerprint density at radius 2 is 1.82 bits per heavy atom. The Kier molecular flexibility index (Phi) is 4.51. The monoisotopic (exact) mass is 373 g/mol. The van der Waals surface area contributed by atoms with Gasteiger partial charge in [-0.25, -0.2) is 4.68 Å². The summed E-state index contributed by atoms with van der Waals surface area (Å²) in [4.78, 5) is 22.7. The zero-order chi connectivity index (χ0) is 19.5. The number of fused-ring (bicyclic) bond motifs is 1. The Labute approximate surface area is 159 Å². The van der Waals surface area contributed by atoms with Crippen molar-refractivity contribution in [2.24, 2.45) is 0 Å². The molecule has 0 aliphatic heterocycles. The standard InChI is InChI=1S/C20H15N5O3/c26-20(21-16-4-3-5-17(12-16)25(27)28)15-10-8-14(9-11-15)13-24-19-7-2-1-6-18(19)22-23-24/h1-12H,13H2,(H,21,26). The molecule has 3 aromatic carbocycles. The Balaban J connectivity index is 1.47. The average molecular weight is 373 g/mol. The summed E-state index contributed by atoms with van der Waals surface area (Å²) in [6, 6.07) is 20.6. The van der Waals surface area contributed by atoms with Crippen LogP contribution in [0.1, 0.15) is 15.9 Å². The normalized spacial score (nSPS) is 10.7. The molecular weight excluding hydrogens is 358 g/mol. The summed E-state index contributed by atoms with van der Waals surface area (Å²) in [6.45, 7) is 0.535. The lowest BCUT2D eigenvalue weighted by Crippen LogP contribution is -2.12.